The molecule has 27 heavy (non-hydrogen) atoms. The van der Waals surface area contributed by atoms with E-state index < -0.39 is 0 Å². The van der Waals surface area contributed by atoms with Crippen molar-refractivity contribution in [3.8, 4) is 0 Å². The van der Waals surface area contributed by atoms with Crippen LogP contribution >= 0.6 is 0 Å². The van der Waals surface area contributed by atoms with E-state index in [1.165, 1.54) is 0 Å². The molecular weight excluding hydrogens is 338 g/mol. The monoisotopic (exact) mass is 363 g/mol. The lowest BCUT2D eigenvalue weighted by atomic mass is 10.1. The van der Waals surface area contributed by atoms with Crippen LogP contribution < -0.4 is 10.7 Å². The van der Waals surface area contributed by atoms with Gasteiger partial charge in [0.05, 0.1) is 6.42 Å². The molecule has 0 spiro atoms. The van der Waals surface area contributed by atoms with Crippen molar-refractivity contribution in [2.45, 2.75) is 34.1 Å². The van der Waals surface area contributed by atoms with Gasteiger partial charge in [-0.2, -0.15) is 5.10 Å². The first kappa shape index (κ1) is 20.1. The Morgan fingerprint density at radius 3 is 2.41 bits per heavy atom. The molecule has 0 aliphatic heterocycles. The smallest absolute Gasteiger partial charge is 0.267 e. The van der Waals surface area contributed by atoms with Crippen LogP contribution in [-0.4, -0.2) is 17.5 Å². The van der Waals surface area contributed by atoms with E-state index >= 15 is 0 Å². The third kappa shape index (κ3) is 6.55. The Morgan fingerprint density at radius 1 is 1.04 bits per heavy atom. The van der Waals surface area contributed by atoms with E-state index in [1.807, 2.05) is 62.4 Å². The van der Waals surface area contributed by atoms with E-state index in [0.29, 0.717) is 11.3 Å². The van der Waals surface area contributed by atoms with Crippen LogP contribution in [-0.2, 0) is 9.59 Å². The van der Waals surface area contributed by atoms with Crippen molar-refractivity contribution >= 4 is 29.3 Å². The quantitative estimate of drug-likeness (QED) is 0.458. The molecule has 2 aromatic carbocycles. The predicted octanol–water partition coefficient (Wildman–Crippen LogP) is 4.23. The normalized spacial score (nSPS) is 11.9. The van der Waals surface area contributed by atoms with E-state index in [0.717, 1.165) is 22.4 Å². The highest BCUT2D eigenvalue weighted by Gasteiger charge is 2.08. The van der Waals surface area contributed by atoms with Gasteiger partial charge in [0, 0.05) is 17.0 Å². The Bertz CT molecular complexity index is 884. The summed E-state index contributed by atoms with van der Waals surface area (Å²) in [5.74, 6) is -0.470. The average Bonchev–Trinajstić information content (AvgIpc) is 2.62. The van der Waals surface area contributed by atoms with Gasteiger partial charge in [0.1, 0.15) is 0 Å². The number of anilines is 1. The average molecular weight is 363 g/mol. The van der Waals surface area contributed by atoms with Gasteiger partial charge in [-0.3, -0.25) is 9.59 Å². The fourth-order valence-corrected chi connectivity index (χ4v) is 2.52. The number of hydrogen-bond acceptors (Lipinski definition) is 3. The lowest BCUT2D eigenvalue weighted by Crippen LogP contribution is -2.22. The van der Waals surface area contributed by atoms with Crippen molar-refractivity contribution in [2.75, 3.05) is 5.32 Å². The molecule has 5 heteroatoms. The molecule has 0 fully saturated rings. The van der Waals surface area contributed by atoms with Crippen molar-refractivity contribution in [3.05, 3.63) is 70.8 Å². The molecule has 0 unspecified atom stereocenters. The molecule has 0 radical (unpaired) electrons. The number of nitrogens with zero attached hydrogens (tertiary/aromatic N) is 1. The number of nitrogens with one attached hydrogen (secondary N) is 2. The molecular formula is C22H25N3O2. The molecule has 0 saturated carbocycles. The van der Waals surface area contributed by atoms with Gasteiger partial charge >= 0.3 is 0 Å². The number of hydrazone groups is 1. The van der Waals surface area contributed by atoms with Crippen LogP contribution in [0.5, 0.6) is 0 Å². The Labute approximate surface area is 160 Å². The van der Waals surface area contributed by atoms with Crippen LogP contribution in [0.3, 0.4) is 0 Å². The first-order valence-corrected chi connectivity index (χ1v) is 8.79. The summed E-state index contributed by atoms with van der Waals surface area (Å²) in [7, 11) is 0. The van der Waals surface area contributed by atoms with Crippen LogP contribution in [0, 0.1) is 13.8 Å². The molecule has 2 N–H and O–H groups in total. The van der Waals surface area contributed by atoms with Crippen LogP contribution in [0.25, 0.3) is 6.08 Å². The van der Waals surface area contributed by atoms with E-state index in [-0.39, 0.29) is 18.2 Å². The number of hydrogen-bond donors (Lipinski definition) is 2. The molecule has 0 heterocycles. The zero-order chi connectivity index (χ0) is 19.8. The Kier molecular flexibility index (Phi) is 7.06. The van der Waals surface area contributed by atoms with Gasteiger partial charge in [0.15, 0.2) is 0 Å². The number of aryl methyl sites for hydroxylation is 2. The standard InChI is InChI=1S/C22H25N3O2/c1-15-10-11-20(16(2)12-15)23-21(26)14-18(4)24-25-22(27)17(3)13-19-8-6-5-7-9-19/h5-13H,14H2,1-4H3,(H,23,26)(H,25,27). The topological polar surface area (TPSA) is 70.6 Å². The number of carbonyl (C=O) groups excluding carboxylic acids is 2. The molecule has 0 atom stereocenters. The fraction of sp³-hybridized carbons (Fsp3) is 0.227. The lowest BCUT2D eigenvalue weighted by Gasteiger charge is -2.09. The maximum Gasteiger partial charge on any atom is 0.267 e. The summed E-state index contributed by atoms with van der Waals surface area (Å²) in [6.07, 6.45) is 1.89. The van der Waals surface area contributed by atoms with E-state index in [2.05, 4.69) is 15.8 Å². The summed E-state index contributed by atoms with van der Waals surface area (Å²) in [5.41, 5.74) is 7.43. The summed E-state index contributed by atoms with van der Waals surface area (Å²) in [4.78, 5) is 24.3. The van der Waals surface area contributed by atoms with Crippen molar-refractivity contribution in [3.63, 3.8) is 0 Å². The summed E-state index contributed by atoms with van der Waals surface area (Å²) in [6.45, 7) is 7.39. The van der Waals surface area contributed by atoms with Gasteiger partial charge in [-0.05, 0) is 51.0 Å². The van der Waals surface area contributed by atoms with Gasteiger partial charge < -0.3 is 5.32 Å². The van der Waals surface area contributed by atoms with Crippen LogP contribution in [0.4, 0.5) is 5.69 Å². The Morgan fingerprint density at radius 2 is 1.74 bits per heavy atom. The molecule has 0 saturated heterocycles. The van der Waals surface area contributed by atoms with Crippen molar-refractivity contribution in [1.29, 1.82) is 0 Å². The number of amides is 2. The second-order valence-electron chi connectivity index (χ2n) is 6.57. The van der Waals surface area contributed by atoms with Crippen LogP contribution in [0.1, 0.15) is 37.0 Å². The van der Waals surface area contributed by atoms with Crippen molar-refractivity contribution in [1.82, 2.24) is 5.43 Å². The minimum absolute atomic E-state index is 0.106. The van der Waals surface area contributed by atoms with Crippen LogP contribution in [0.2, 0.25) is 0 Å². The minimum atomic E-state index is -0.298. The number of carbonyl (C=O) groups is 2. The lowest BCUT2D eigenvalue weighted by molar-refractivity contribution is -0.117. The minimum Gasteiger partial charge on any atom is -0.326 e. The van der Waals surface area contributed by atoms with Gasteiger partial charge in [-0.15, -0.1) is 0 Å². The van der Waals surface area contributed by atoms with E-state index in [4.69, 9.17) is 0 Å². The fourth-order valence-electron chi connectivity index (χ4n) is 2.52. The highest BCUT2D eigenvalue weighted by atomic mass is 16.2. The van der Waals surface area contributed by atoms with Gasteiger partial charge in [0.25, 0.3) is 5.91 Å². The first-order chi connectivity index (χ1) is 12.8. The summed E-state index contributed by atoms with van der Waals surface area (Å²) in [6, 6.07) is 15.4. The van der Waals surface area contributed by atoms with Gasteiger partial charge in [-0.1, -0.05) is 48.0 Å². The summed E-state index contributed by atoms with van der Waals surface area (Å²) >= 11 is 0. The number of rotatable bonds is 6. The molecule has 5 nitrogen and oxygen atoms in total. The largest absolute Gasteiger partial charge is 0.326 e. The number of benzene rings is 2. The maximum absolute atomic E-state index is 12.2. The summed E-state index contributed by atoms with van der Waals surface area (Å²) < 4.78 is 0. The van der Waals surface area contributed by atoms with Crippen LogP contribution in [0.15, 0.2) is 59.2 Å². The van der Waals surface area contributed by atoms with Gasteiger partial charge in [-0.25, -0.2) is 5.43 Å². The van der Waals surface area contributed by atoms with Crippen molar-refractivity contribution < 1.29 is 9.59 Å². The first-order valence-electron chi connectivity index (χ1n) is 8.79. The zero-order valence-electron chi connectivity index (χ0n) is 16.2. The molecule has 0 bridgehead atoms. The highest BCUT2D eigenvalue weighted by molar-refractivity contribution is 6.06. The Balaban J connectivity index is 1.90. The second kappa shape index (κ2) is 9.48. The molecule has 0 aliphatic carbocycles. The third-order valence-electron chi connectivity index (χ3n) is 3.96. The molecule has 140 valence electrons. The highest BCUT2D eigenvalue weighted by Crippen LogP contribution is 2.16. The molecule has 0 aliphatic rings. The van der Waals surface area contributed by atoms with E-state index in [9.17, 15) is 9.59 Å². The predicted molar refractivity (Wildman–Crippen MR) is 111 cm³/mol. The summed E-state index contributed by atoms with van der Waals surface area (Å²) in [5, 5.41) is 6.89. The zero-order valence-corrected chi connectivity index (χ0v) is 16.2. The Hall–Kier alpha value is -3.21. The van der Waals surface area contributed by atoms with Crippen molar-refractivity contribution in [2.24, 2.45) is 5.10 Å². The third-order valence-corrected chi connectivity index (χ3v) is 3.96. The maximum atomic E-state index is 12.2. The molecule has 0 aromatic heterocycles. The second-order valence-corrected chi connectivity index (χ2v) is 6.57. The van der Waals surface area contributed by atoms with Gasteiger partial charge in [0.2, 0.25) is 5.91 Å². The molecule has 2 aromatic rings. The molecule has 2 amide bonds. The molecule has 2 rings (SSSR count). The SMILES string of the molecule is CC(=Cc1ccccc1)C(=O)NN=C(C)CC(=O)Nc1ccc(C)cc1C. The van der Waals surface area contributed by atoms with E-state index in [1.54, 1.807) is 19.9 Å².